The van der Waals surface area contributed by atoms with Crippen LogP contribution in [0.3, 0.4) is 0 Å². The van der Waals surface area contributed by atoms with Gasteiger partial charge < -0.3 is 20.5 Å². The van der Waals surface area contributed by atoms with E-state index in [1.807, 2.05) is 36.8 Å². The number of ketones is 1. The molecular formula is C25H31N2O6S+. The minimum atomic E-state index is -1.24. The number of nitrogens with one attached hydrogen (secondary N) is 2. The van der Waals surface area contributed by atoms with Crippen molar-refractivity contribution in [3.05, 3.63) is 71.8 Å². The van der Waals surface area contributed by atoms with Gasteiger partial charge in [-0.3, -0.25) is 9.59 Å². The molecule has 2 aromatic carbocycles. The van der Waals surface area contributed by atoms with Crippen molar-refractivity contribution in [3.8, 4) is 0 Å². The van der Waals surface area contributed by atoms with Crippen LogP contribution in [0.2, 0.25) is 0 Å². The van der Waals surface area contributed by atoms with Gasteiger partial charge in [0.2, 0.25) is 5.91 Å². The normalized spacial score (nSPS) is 12.4. The first-order valence-electron chi connectivity index (χ1n) is 10.8. The molecule has 0 aliphatic carbocycles. The van der Waals surface area contributed by atoms with Crippen molar-refractivity contribution in [2.75, 3.05) is 18.3 Å². The van der Waals surface area contributed by atoms with Crippen LogP contribution in [0.15, 0.2) is 60.7 Å². The Bertz CT molecular complexity index is 952. The Balaban J connectivity index is 2.03. The largest absolute Gasteiger partial charge is 0.480 e. The number of benzene rings is 2. The number of carboxylic acid groups (broad SMARTS) is 1. The first-order valence-corrected chi connectivity index (χ1v) is 13.1. The number of rotatable bonds is 13. The highest BCUT2D eigenvalue weighted by Crippen LogP contribution is 2.07. The lowest BCUT2D eigenvalue weighted by Crippen LogP contribution is -2.52. The SMILES string of the molecule is C[S+](C)CC(=O)CC[C@H](NC(=O)[C@H](Cc1ccccc1)NC(=O)OCc1ccccc1)C(=O)O. The second-order valence-corrected chi connectivity index (χ2v) is 10.3. The molecule has 2 atom stereocenters. The Morgan fingerprint density at radius 3 is 2.03 bits per heavy atom. The summed E-state index contributed by atoms with van der Waals surface area (Å²) in [7, 11) is -0.0803. The zero-order chi connectivity index (χ0) is 24.9. The van der Waals surface area contributed by atoms with Gasteiger partial charge >= 0.3 is 12.1 Å². The van der Waals surface area contributed by atoms with E-state index in [4.69, 9.17) is 4.74 Å². The summed E-state index contributed by atoms with van der Waals surface area (Å²) in [5, 5.41) is 14.5. The maximum Gasteiger partial charge on any atom is 0.408 e. The highest BCUT2D eigenvalue weighted by Gasteiger charge is 2.28. The predicted molar refractivity (Wildman–Crippen MR) is 132 cm³/mol. The summed E-state index contributed by atoms with van der Waals surface area (Å²) in [4.78, 5) is 49.1. The summed E-state index contributed by atoms with van der Waals surface area (Å²) < 4.78 is 5.22. The minimum Gasteiger partial charge on any atom is -0.480 e. The van der Waals surface area contributed by atoms with Gasteiger partial charge in [-0.25, -0.2) is 9.59 Å². The molecule has 2 amide bonds. The average Bonchev–Trinajstić information content (AvgIpc) is 2.80. The van der Waals surface area contributed by atoms with Gasteiger partial charge in [-0.05, 0) is 28.4 Å². The molecule has 0 bridgehead atoms. The molecule has 0 aliphatic rings. The lowest BCUT2D eigenvalue weighted by atomic mass is 10.0. The lowest BCUT2D eigenvalue weighted by Gasteiger charge is -2.21. The van der Waals surface area contributed by atoms with E-state index in [0.29, 0.717) is 5.75 Å². The van der Waals surface area contributed by atoms with Crippen LogP contribution in [0.4, 0.5) is 4.79 Å². The Morgan fingerprint density at radius 2 is 1.47 bits per heavy atom. The monoisotopic (exact) mass is 487 g/mol. The molecule has 0 aliphatic heterocycles. The van der Waals surface area contributed by atoms with Gasteiger partial charge in [-0.1, -0.05) is 60.7 Å². The molecule has 0 heterocycles. The smallest absolute Gasteiger partial charge is 0.408 e. The quantitative estimate of drug-likeness (QED) is 0.373. The molecule has 0 unspecified atom stereocenters. The number of hydrogen-bond donors (Lipinski definition) is 3. The number of Topliss-reactive ketones (excluding diaryl/α,β-unsaturated/α-hetero) is 1. The van der Waals surface area contributed by atoms with Crippen LogP contribution in [0.5, 0.6) is 0 Å². The van der Waals surface area contributed by atoms with Crippen molar-refractivity contribution in [1.29, 1.82) is 0 Å². The molecule has 0 saturated carbocycles. The van der Waals surface area contributed by atoms with Gasteiger partial charge in [0.05, 0.1) is 12.5 Å². The summed E-state index contributed by atoms with van der Waals surface area (Å²) in [5.41, 5.74) is 1.57. The third-order valence-electron chi connectivity index (χ3n) is 4.88. The van der Waals surface area contributed by atoms with Gasteiger partial charge in [-0.15, -0.1) is 0 Å². The first kappa shape index (κ1) is 26.9. The fraction of sp³-hybridized carbons (Fsp3) is 0.360. The van der Waals surface area contributed by atoms with Crippen molar-refractivity contribution in [2.24, 2.45) is 0 Å². The zero-order valence-electron chi connectivity index (χ0n) is 19.4. The third kappa shape index (κ3) is 10.1. The number of carbonyl (C=O) groups is 4. The molecule has 2 aromatic rings. The van der Waals surface area contributed by atoms with E-state index in [1.165, 1.54) is 0 Å². The number of alkyl carbamates (subject to hydrolysis) is 1. The maximum atomic E-state index is 13.0. The number of hydrogen-bond acceptors (Lipinski definition) is 5. The van der Waals surface area contributed by atoms with Crippen LogP contribution in [0.25, 0.3) is 0 Å². The fourth-order valence-corrected chi connectivity index (χ4v) is 3.98. The van der Waals surface area contributed by atoms with Gasteiger partial charge in [0.1, 0.15) is 18.7 Å². The summed E-state index contributed by atoms with van der Waals surface area (Å²) in [6.07, 6.45) is 3.26. The average molecular weight is 488 g/mol. The zero-order valence-corrected chi connectivity index (χ0v) is 20.2. The standard InChI is InChI=1S/C25H30N2O6S/c1-34(2)17-20(28)13-14-21(24(30)31)26-23(29)22(15-18-9-5-3-6-10-18)27-25(32)33-16-19-11-7-4-8-12-19/h3-12,21-22H,13-17H2,1-2H3,(H2-,26,27,29,30,31,32)/p+1/t21-,22-/m0/s1. The van der Waals surface area contributed by atoms with E-state index in [0.717, 1.165) is 11.1 Å². The Morgan fingerprint density at radius 1 is 0.882 bits per heavy atom. The van der Waals surface area contributed by atoms with Gasteiger partial charge in [-0.2, -0.15) is 0 Å². The van der Waals surface area contributed by atoms with Crippen molar-refractivity contribution in [3.63, 3.8) is 0 Å². The summed E-state index contributed by atoms with van der Waals surface area (Å²) in [6.45, 7) is 0.0305. The number of carboxylic acids is 1. The predicted octanol–water partition coefficient (Wildman–Crippen LogP) is 2.32. The Kier molecular flexibility index (Phi) is 11.1. The summed E-state index contributed by atoms with van der Waals surface area (Å²) in [5.74, 6) is -1.56. The van der Waals surface area contributed by atoms with E-state index in [9.17, 15) is 24.3 Å². The van der Waals surface area contributed by atoms with Crippen LogP contribution < -0.4 is 10.6 Å². The van der Waals surface area contributed by atoms with Gasteiger partial charge in [0.15, 0.2) is 11.5 Å². The van der Waals surface area contributed by atoms with E-state index >= 15 is 0 Å². The van der Waals surface area contributed by atoms with Crippen molar-refractivity contribution >= 4 is 34.6 Å². The molecule has 0 saturated heterocycles. The number of amides is 2. The lowest BCUT2D eigenvalue weighted by molar-refractivity contribution is -0.142. The number of aliphatic carboxylic acids is 1. The molecule has 2 rings (SSSR count). The summed E-state index contributed by atoms with van der Waals surface area (Å²) >= 11 is 0. The molecular weight excluding hydrogens is 456 g/mol. The molecule has 0 spiro atoms. The first-order chi connectivity index (χ1) is 16.2. The second kappa shape index (κ2) is 14.0. The van der Waals surface area contributed by atoms with E-state index in [1.54, 1.807) is 36.4 Å². The summed E-state index contributed by atoms with van der Waals surface area (Å²) in [6, 6.07) is 15.8. The molecule has 3 N–H and O–H groups in total. The topological polar surface area (TPSA) is 122 Å². The van der Waals surface area contributed by atoms with Gasteiger partial charge in [0.25, 0.3) is 0 Å². The van der Waals surface area contributed by atoms with E-state index in [-0.39, 0.29) is 42.5 Å². The molecule has 0 aromatic heterocycles. The third-order valence-corrected chi connectivity index (χ3v) is 5.78. The van der Waals surface area contributed by atoms with Crippen LogP contribution >= 0.6 is 0 Å². The van der Waals surface area contributed by atoms with E-state index in [2.05, 4.69) is 10.6 Å². The molecule has 0 radical (unpaired) electrons. The Hall–Kier alpha value is -3.33. The highest BCUT2D eigenvalue weighted by atomic mass is 32.2. The second-order valence-electron chi connectivity index (χ2n) is 8.06. The minimum absolute atomic E-state index is 0.0202. The van der Waals surface area contributed by atoms with Crippen molar-refractivity contribution in [1.82, 2.24) is 10.6 Å². The van der Waals surface area contributed by atoms with E-state index < -0.39 is 30.1 Å². The van der Waals surface area contributed by atoms with Crippen molar-refractivity contribution in [2.45, 2.75) is 38.0 Å². The van der Waals surface area contributed by atoms with Crippen LogP contribution in [-0.2, 0) is 43.0 Å². The van der Waals surface area contributed by atoms with Crippen molar-refractivity contribution < 1.29 is 29.0 Å². The van der Waals surface area contributed by atoms with Gasteiger partial charge in [0, 0.05) is 12.8 Å². The molecule has 34 heavy (non-hydrogen) atoms. The Labute approximate surface area is 202 Å². The molecule has 0 fully saturated rings. The highest BCUT2D eigenvalue weighted by molar-refractivity contribution is 7.96. The van der Waals surface area contributed by atoms with Crippen LogP contribution in [0, 0.1) is 0 Å². The molecule has 8 nitrogen and oxygen atoms in total. The van der Waals surface area contributed by atoms with Crippen LogP contribution in [0.1, 0.15) is 24.0 Å². The molecule has 9 heteroatoms. The maximum absolute atomic E-state index is 13.0. The number of carbonyl (C=O) groups excluding carboxylic acids is 3. The fourth-order valence-electron chi connectivity index (χ4n) is 3.20. The number of ether oxygens (including phenoxy) is 1. The molecule has 182 valence electrons. The van der Waals surface area contributed by atoms with Crippen LogP contribution in [-0.4, -0.2) is 59.2 Å².